The number of halogens is 1. The molecule has 3 amide bonds. The molecule has 3 heterocycles. The maximum absolute atomic E-state index is 13.6. The van der Waals surface area contributed by atoms with E-state index in [4.69, 9.17) is 21.1 Å². The van der Waals surface area contributed by atoms with Gasteiger partial charge in [0.05, 0.1) is 16.9 Å². The van der Waals surface area contributed by atoms with Crippen LogP contribution in [0.15, 0.2) is 54.7 Å². The number of alkyl carbamates (subject to hydrolysis) is 1. The number of anilines is 1. The summed E-state index contributed by atoms with van der Waals surface area (Å²) in [6.45, 7) is 7.75. The number of aromatic nitrogens is 2. The summed E-state index contributed by atoms with van der Waals surface area (Å²) in [5, 5.41) is 6.45. The van der Waals surface area contributed by atoms with Crippen molar-refractivity contribution >= 4 is 35.5 Å². The lowest BCUT2D eigenvalue weighted by Gasteiger charge is -2.26. The molecule has 0 atom stereocenters. The van der Waals surface area contributed by atoms with Gasteiger partial charge in [0.25, 0.3) is 5.91 Å². The molecule has 45 heavy (non-hydrogen) atoms. The summed E-state index contributed by atoms with van der Waals surface area (Å²) in [6.07, 6.45) is 2.74. The van der Waals surface area contributed by atoms with Crippen LogP contribution in [0.2, 0.25) is 5.02 Å². The number of nitrogens with zero attached hydrogens (tertiary/aromatic N) is 4. The molecule has 0 saturated carbocycles. The fourth-order valence-corrected chi connectivity index (χ4v) is 5.47. The summed E-state index contributed by atoms with van der Waals surface area (Å²) >= 11 is 6.50. The summed E-state index contributed by atoms with van der Waals surface area (Å²) < 4.78 is 10.7. The lowest BCUT2D eigenvalue weighted by atomic mass is 10.0. The number of ether oxygens (including phenoxy) is 2. The molecular weight excluding hydrogens is 596 g/mol. The molecule has 2 N–H and O–H groups in total. The molecule has 1 aromatic heterocycles. The van der Waals surface area contributed by atoms with Crippen LogP contribution in [0, 0.1) is 0 Å². The summed E-state index contributed by atoms with van der Waals surface area (Å²) in [4.78, 5) is 51.5. The Labute approximate surface area is 268 Å². The minimum atomic E-state index is -0.628. The highest BCUT2D eigenvalue weighted by Crippen LogP contribution is 2.32. The molecule has 2 aliphatic rings. The Kier molecular flexibility index (Phi) is 10.2. The standard InChI is InChI=1S/C33H39ClN6O5/c1-33(2,3)45-32(43)35-13-14-39(19-22-7-5-4-6-8-22)28(41)21-40-20-24-10-9-23(17-26(24)30(40)42)29-27(34)18-36-31(38-29)37-25-11-15-44-16-12-25/h4-10,17-18,25H,11-16,19-21H2,1-3H3,(H,35,43)(H,36,37,38). The molecule has 3 aromatic rings. The van der Waals surface area contributed by atoms with Crippen LogP contribution in [0.5, 0.6) is 0 Å². The van der Waals surface area contributed by atoms with Crippen molar-refractivity contribution in [1.29, 1.82) is 0 Å². The highest BCUT2D eigenvalue weighted by molar-refractivity contribution is 6.33. The number of hydrogen-bond acceptors (Lipinski definition) is 8. The Morgan fingerprint density at radius 2 is 1.89 bits per heavy atom. The van der Waals surface area contributed by atoms with Gasteiger partial charge in [-0.1, -0.05) is 54.1 Å². The van der Waals surface area contributed by atoms with E-state index in [0.29, 0.717) is 54.1 Å². The predicted octanol–water partition coefficient (Wildman–Crippen LogP) is 4.90. The Bertz CT molecular complexity index is 1520. The van der Waals surface area contributed by atoms with Crippen molar-refractivity contribution < 1.29 is 23.9 Å². The Morgan fingerprint density at radius 1 is 1.13 bits per heavy atom. The number of benzene rings is 2. The van der Waals surface area contributed by atoms with Crippen molar-refractivity contribution in [3.63, 3.8) is 0 Å². The zero-order chi connectivity index (χ0) is 32.0. The van der Waals surface area contributed by atoms with Gasteiger partial charge in [-0.3, -0.25) is 9.59 Å². The van der Waals surface area contributed by atoms with Gasteiger partial charge in [0.15, 0.2) is 0 Å². The van der Waals surface area contributed by atoms with Crippen LogP contribution >= 0.6 is 11.6 Å². The number of fused-ring (bicyclic) bond motifs is 1. The monoisotopic (exact) mass is 634 g/mol. The van der Waals surface area contributed by atoms with E-state index < -0.39 is 11.7 Å². The molecule has 238 valence electrons. The lowest BCUT2D eigenvalue weighted by Crippen LogP contribution is -2.44. The molecule has 0 radical (unpaired) electrons. The summed E-state index contributed by atoms with van der Waals surface area (Å²) in [5.74, 6) is 0.00591. The third-order valence-electron chi connectivity index (χ3n) is 7.51. The van der Waals surface area contributed by atoms with Gasteiger partial charge in [0, 0.05) is 56.6 Å². The molecule has 11 nitrogen and oxygen atoms in total. The largest absolute Gasteiger partial charge is 0.444 e. The van der Waals surface area contributed by atoms with Crippen LogP contribution in [0.25, 0.3) is 11.3 Å². The first-order valence-corrected chi connectivity index (χ1v) is 15.5. The molecule has 2 aromatic carbocycles. The van der Waals surface area contributed by atoms with Crippen molar-refractivity contribution in [2.75, 3.05) is 38.2 Å². The number of hydrogen-bond donors (Lipinski definition) is 2. The van der Waals surface area contributed by atoms with Gasteiger partial charge in [-0.25, -0.2) is 14.8 Å². The van der Waals surface area contributed by atoms with E-state index in [1.54, 1.807) is 37.9 Å². The van der Waals surface area contributed by atoms with Gasteiger partial charge in [-0.05, 0) is 50.8 Å². The zero-order valence-corrected chi connectivity index (χ0v) is 26.6. The predicted molar refractivity (Wildman–Crippen MR) is 171 cm³/mol. The second-order valence-electron chi connectivity index (χ2n) is 12.2. The Hall–Kier alpha value is -4.22. The molecular formula is C33H39ClN6O5. The molecule has 12 heteroatoms. The number of carbonyl (C=O) groups is 3. The van der Waals surface area contributed by atoms with E-state index >= 15 is 0 Å². The fraction of sp³-hybridized carbons (Fsp3) is 0.424. The topological polar surface area (TPSA) is 126 Å². The molecule has 5 rings (SSSR count). The highest BCUT2D eigenvalue weighted by Gasteiger charge is 2.31. The van der Waals surface area contributed by atoms with Crippen LogP contribution in [0.4, 0.5) is 10.7 Å². The van der Waals surface area contributed by atoms with Crippen molar-refractivity contribution in [3.8, 4) is 11.3 Å². The van der Waals surface area contributed by atoms with Crippen molar-refractivity contribution in [2.45, 2.75) is 58.3 Å². The van der Waals surface area contributed by atoms with Gasteiger partial charge in [-0.15, -0.1) is 0 Å². The van der Waals surface area contributed by atoms with Gasteiger partial charge >= 0.3 is 6.09 Å². The molecule has 0 bridgehead atoms. The van der Waals surface area contributed by atoms with Crippen molar-refractivity contribution in [1.82, 2.24) is 25.1 Å². The van der Waals surface area contributed by atoms with Crippen molar-refractivity contribution in [2.24, 2.45) is 0 Å². The van der Waals surface area contributed by atoms with E-state index in [0.717, 1.165) is 24.0 Å². The third kappa shape index (κ3) is 8.70. The number of nitrogens with one attached hydrogen (secondary N) is 2. The highest BCUT2D eigenvalue weighted by atomic mass is 35.5. The second kappa shape index (κ2) is 14.3. The van der Waals surface area contributed by atoms with Crippen LogP contribution in [-0.2, 0) is 27.4 Å². The first-order chi connectivity index (χ1) is 21.6. The Balaban J connectivity index is 1.26. The Morgan fingerprint density at radius 3 is 2.62 bits per heavy atom. The lowest BCUT2D eigenvalue weighted by molar-refractivity contribution is -0.132. The van der Waals surface area contributed by atoms with E-state index in [1.807, 2.05) is 42.5 Å². The van der Waals surface area contributed by atoms with Gasteiger partial charge < -0.3 is 29.9 Å². The van der Waals surface area contributed by atoms with Gasteiger partial charge in [0.2, 0.25) is 11.9 Å². The second-order valence-corrected chi connectivity index (χ2v) is 12.6. The average Bonchev–Trinajstić information content (AvgIpc) is 3.31. The maximum Gasteiger partial charge on any atom is 0.407 e. The van der Waals surface area contributed by atoms with E-state index in [1.165, 1.54) is 4.90 Å². The third-order valence-corrected chi connectivity index (χ3v) is 7.78. The van der Waals surface area contributed by atoms with Crippen molar-refractivity contribution in [3.05, 3.63) is 76.4 Å². The SMILES string of the molecule is CC(C)(C)OC(=O)NCCN(Cc1ccccc1)C(=O)CN1Cc2ccc(-c3nc(NC4CCOCC4)ncc3Cl)cc2C1=O. The van der Waals surface area contributed by atoms with Crippen LogP contribution in [0.1, 0.15) is 55.1 Å². The first-order valence-electron chi connectivity index (χ1n) is 15.1. The number of carbonyl (C=O) groups excluding carboxylic acids is 3. The smallest absolute Gasteiger partial charge is 0.407 e. The quantitative estimate of drug-likeness (QED) is 0.323. The zero-order valence-electron chi connectivity index (χ0n) is 25.8. The molecule has 0 spiro atoms. The summed E-state index contributed by atoms with van der Waals surface area (Å²) in [5.41, 5.74) is 2.86. The average molecular weight is 635 g/mol. The van der Waals surface area contributed by atoms with E-state index in [2.05, 4.69) is 20.6 Å². The molecule has 0 unspecified atom stereocenters. The van der Waals surface area contributed by atoms with Crippen LogP contribution in [0.3, 0.4) is 0 Å². The minimum absolute atomic E-state index is 0.102. The normalized spacial score (nSPS) is 15.0. The first kappa shape index (κ1) is 32.2. The minimum Gasteiger partial charge on any atom is -0.444 e. The van der Waals surface area contributed by atoms with Gasteiger partial charge in [0.1, 0.15) is 12.1 Å². The van der Waals surface area contributed by atoms with E-state index in [-0.39, 0.29) is 37.5 Å². The molecule has 1 fully saturated rings. The molecule has 2 aliphatic heterocycles. The van der Waals surface area contributed by atoms with E-state index in [9.17, 15) is 14.4 Å². The summed E-state index contributed by atoms with van der Waals surface area (Å²) in [6, 6.07) is 15.3. The van der Waals surface area contributed by atoms with Crippen LogP contribution in [-0.4, -0.2) is 82.2 Å². The maximum atomic E-state index is 13.6. The number of amides is 3. The molecule has 0 aliphatic carbocycles. The summed E-state index contributed by atoms with van der Waals surface area (Å²) in [7, 11) is 0. The molecule has 1 saturated heterocycles. The van der Waals surface area contributed by atoms with Crippen LogP contribution < -0.4 is 10.6 Å². The number of rotatable bonds is 10. The van der Waals surface area contributed by atoms with Gasteiger partial charge in [-0.2, -0.15) is 0 Å². The fourth-order valence-electron chi connectivity index (χ4n) is 5.27.